The average Bonchev–Trinajstić information content (AvgIpc) is 2.55. The molecule has 16 heavy (non-hydrogen) atoms. The minimum Gasteiger partial charge on any atom is -0.324 e. The maximum absolute atomic E-state index is 13.2. The second-order valence-electron chi connectivity index (χ2n) is 4.36. The summed E-state index contributed by atoms with van der Waals surface area (Å²) in [7, 11) is 0. The zero-order valence-electron chi connectivity index (χ0n) is 9.74. The number of hydrogen-bond donors (Lipinski definition) is 1. The van der Waals surface area contributed by atoms with Gasteiger partial charge in [0.2, 0.25) is 0 Å². The van der Waals surface area contributed by atoms with Crippen molar-refractivity contribution >= 4 is 11.0 Å². The molecule has 0 radical (unpaired) electrons. The molecule has 3 nitrogen and oxygen atoms in total. The van der Waals surface area contributed by atoms with Crippen molar-refractivity contribution in [1.29, 1.82) is 0 Å². The Kier molecular flexibility index (Phi) is 2.68. The molecule has 86 valence electrons. The molecule has 0 aliphatic rings. The Balaban J connectivity index is 2.77. The van der Waals surface area contributed by atoms with E-state index in [-0.39, 0.29) is 17.9 Å². The molecule has 2 N–H and O–H groups in total. The molecule has 0 aliphatic heterocycles. The zero-order chi connectivity index (χ0) is 11.9. The summed E-state index contributed by atoms with van der Waals surface area (Å²) in [4.78, 5) is 4.45. The van der Waals surface area contributed by atoms with Gasteiger partial charge in [0, 0.05) is 6.04 Å². The van der Waals surface area contributed by atoms with E-state index < -0.39 is 0 Å². The van der Waals surface area contributed by atoms with Crippen molar-refractivity contribution < 1.29 is 4.39 Å². The van der Waals surface area contributed by atoms with E-state index in [1.165, 1.54) is 12.1 Å². The Morgan fingerprint density at radius 3 is 2.56 bits per heavy atom. The van der Waals surface area contributed by atoms with Crippen LogP contribution in [0.5, 0.6) is 0 Å². The number of imidazole rings is 1. The molecule has 1 atom stereocenters. The summed E-state index contributed by atoms with van der Waals surface area (Å²) >= 11 is 0. The molecule has 0 amide bonds. The van der Waals surface area contributed by atoms with Crippen LogP contribution in [0.4, 0.5) is 4.39 Å². The fourth-order valence-corrected chi connectivity index (χ4v) is 1.95. The topological polar surface area (TPSA) is 43.8 Å². The highest BCUT2D eigenvalue weighted by atomic mass is 19.1. The van der Waals surface area contributed by atoms with Gasteiger partial charge in [0.25, 0.3) is 0 Å². The van der Waals surface area contributed by atoms with Crippen molar-refractivity contribution in [2.45, 2.75) is 32.9 Å². The number of rotatable bonds is 2. The summed E-state index contributed by atoms with van der Waals surface area (Å²) in [5, 5.41) is 0. The van der Waals surface area contributed by atoms with Gasteiger partial charge in [0.15, 0.2) is 0 Å². The molecule has 1 heterocycles. The Morgan fingerprint density at radius 2 is 2.00 bits per heavy atom. The van der Waals surface area contributed by atoms with Crippen molar-refractivity contribution in [3.05, 3.63) is 29.8 Å². The quantitative estimate of drug-likeness (QED) is 0.847. The van der Waals surface area contributed by atoms with Gasteiger partial charge in [-0.05, 0) is 39.0 Å². The summed E-state index contributed by atoms with van der Waals surface area (Å²) in [5.41, 5.74) is 7.48. The maximum atomic E-state index is 13.2. The van der Waals surface area contributed by atoms with E-state index in [9.17, 15) is 4.39 Å². The number of benzene rings is 1. The van der Waals surface area contributed by atoms with Crippen LogP contribution in [0.15, 0.2) is 18.2 Å². The smallest absolute Gasteiger partial charge is 0.126 e. The molecule has 0 fully saturated rings. The number of halogens is 1. The zero-order valence-corrected chi connectivity index (χ0v) is 9.74. The summed E-state index contributed by atoms with van der Waals surface area (Å²) < 4.78 is 15.2. The molecule has 1 unspecified atom stereocenters. The van der Waals surface area contributed by atoms with Gasteiger partial charge in [0.1, 0.15) is 11.6 Å². The number of aromatic nitrogens is 2. The SMILES string of the molecule is CC(N)c1nc2ccc(F)cc2n1C(C)C. The minimum absolute atomic E-state index is 0.155. The molecule has 2 rings (SSSR count). The third-order valence-electron chi connectivity index (χ3n) is 2.60. The van der Waals surface area contributed by atoms with Crippen molar-refractivity contribution in [1.82, 2.24) is 9.55 Å². The van der Waals surface area contributed by atoms with Gasteiger partial charge >= 0.3 is 0 Å². The van der Waals surface area contributed by atoms with E-state index in [0.29, 0.717) is 0 Å². The third-order valence-corrected chi connectivity index (χ3v) is 2.60. The molecule has 4 heteroatoms. The number of nitrogens with zero attached hydrogens (tertiary/aromatic N) is 2. The van der Waals surface area contributed by atoms with E-state index >= 15 is 0 Å². The Bertz CT molecular complexity index is 514. The molecular formula is C12H16FN3. The fourth-order valence-electron chi connectivity index (χ4n) is 1.95. The molecule has 1 aromatic carbocycles. The molecule has 0 aliphatic carbocycles. The normalized spacial score (nSPS) is 13.6. The van der Waals surface area contributed by atoms with Crippen LogP contribution in [-0.4, -0.2) is 9.55 Å². The van der Waals surface area contributed by atoms with Crippen molar-refractivity contribution in [2.75, 3.05) is 0 Å². The first-order valence-corrected chi connectivity index (χ1v) is 5.43. The standard InChI is InChI=1S/C12H16FN3/c1-7(2)16-11-6-9(13)4-5-10(11)15-12(16)8(3)14/h4-8H,14H2,1-3H3. The molecule has 0 spiro atoms. The number of fused-ring (bicyclic) bond motifs is 1. The van der Waals surface area contributed by atoms with Crippen LogP contribution in [0.1, 0.15) is 38.7 Å². The monoisotopic (exact) mass is 221 g/mol. The van der Waals surface area contributed by atoms with Crippen LogP contribution in [-0.2, 0) is 0 Å². The van der Waals surface area contributed by atoms with Gasteiger partial charge in [-0.25, -0.2) is 9.37 Å². The first-order chi connectivity index (χ1) is 7.50. The van der Waals surface area contributed by atoms with Crippen LogP contribution in [0.25, 0.3) is 11.0 Å². The van der Waals surface area contributed by atoms with Crippen LogP contribution in [0.3, 0.4) is 0 Å². The van der Waals surface area contributed by atoms with Crippen molar-refractivity contribution in [3.63, 3.8) is 0 Å². The van der Waals surface area contributed by atoms with Crippen molar-refractivity contribution in [2.24, 2.45) is 5.73 Å². The second kappa shape index (κ2) is 3.87. The van der Waals surface area contributed by atoms with Gasteiger partial charge in [-0.2, -0.15) is 0 Å². The van der Waals surface area contributed by atoms with Gasteiger partial charge in [-0.3, -0.25) is 0 Å². The van der Waals surface area contributed by atoms with Crippen molar-refractivity contribution in [3.8, 4) is 0 Å². The van der Waals surface area contributed by atoms with E-state index in [1.54, 1.807) is 6.07 Å². The molecule has 2 aromatic rings. The summed E-state index contributed by atoms with van der Waals surface area (Å²) in [6.45, 7) is 5.96. The molecule has 0 saturated heterocycles. The van der Waals surface area contributed by atoms with E-state index in [4.69, 9.17) is 5.73 Å². The predicted molar refractivity (Wildman–Crippen MR) is 62.7 cm³/mol. The maximum Gasteiger partial charge on any atom is 0.126 e. The highest BCUT2D eigenvalue weighted by Gasteiger charge is 2.16. The Morgan fingerprint density at radius 1 is 1.31 bits per heavy atom. The summed E-state index contributed by atoms with van der Waals surface area (Å²) in [6.07, 6.45) is 0. The third kappa shape index (κ3) is 1.69. The lowest BCUT2D eigenvalue weighted by atomic mass is 10.2. The largest absolute Gasteiger partial charge is 0.324 e. The molecule has 1 aromatic heterocycles. The molecule has 0 bridgehead atoms. The highest BCUT2D eigenvalue weighted by Crippen LogP contribution is 2.24. The first-order valence-electron chi connectivity index (χ1n) is 5.43. The van der Waals surface area contributed by atoms with Gasteiger partial charge in [-0.15, -0.1) is 0 Å². The van der Waals surface area contributed by atoms with Gasteiger partial charge in [-0.1, -0.05) is 0 Å². The van der Waals surface area contributed by atoms with Gasteiger partial charge < -0.3 is 10.3 Å². The van der Waals surface area contributed by atoms with Crippen LogP contribution in [0.2, 0.25) is 0 Å². The van der Waals surface area contributed by atoms with E-state index in [2.05, 4.69) is 4.98 Å². The number of nitrogens with two attached hydrogens (primary N) is 1. The minimum atomic E-state index is -0.245. The summed E-state index contributed by atoms with van der Waals surface area (Å²) in [6, 6.07) is 4.68. The molecule has 0 saturated carbocycles. The van der Waals surface area contributed by atoms with Crippen LogP contribution < -0.4 is 5.73 Å². The average molecular weight is 221 g/mol. The first kappa shape index (κ1) is 11.1. The van der Waals surface area contributed by atoms with E-state index in [1.807, 2.05) is 25.3 Å². The Labute approximate surface area is 94.1 Å². The number of hydrogen-bond acceptors (Lipinski definition) is 2. The second-order valence-corrected chi connectivity index (χ2v) is 4.36. The van der Waals surface area contributed by atoms with E-state index in [0.717, 1.165) is 16.9 Å². The van der Waals surface area contributed by atoms with Crippen LogP contribution >= 0.6 is 0 Å². The molecular weight excluding hydrogens is 205 g/mol. The summed E-state index contributed by atoms with van der Waals surface area (Å²) in [5.74, 6) is 0.557. The lowest BCUT2D eigenvalue weighted by Crippen LogP contribution is -2.14. The Hall–Kier alpha value is -1.42. The predicted octanol–water partition coefficient (Wildman–Crippen LogP) is 2.78. The highest BCUT2D eigenvalue weighted by molar-refractivity contribution is 5.76. The lowest BCUT2D eigenvalue weighted by Gasteiger charge is -2.14. The lowest BCUT2D eigenvalue weighted by molar-refractivity contribution is 0.556. The van der Waals surface area contributed by atoms with Gasteiger partial charge in [0.05, 0.1) is 17.1 Å². The fraction of sp³-hybridized carbons (Fsp3) is 0.417. The van der Waals surface area contributed by atoms with Crippen LogP contribution in [0, 0.1) is 5.82 Å².